The van der Waals surface area contributed by atoms with Gasteiger partial charge in [0.25, 0.3) is 0 Å². The number of thioether (sulfide) groups is 1. The molecule has 5 heteroatoms. The summed E-state index contributed by atoms with van der Waals surface area (Å²) in [5.41, 5.74) is 8.16. The fraction of sp³-hybridized carbons (Fsp3) is 0.412. The molecule has 2 atom stereocenters. The monoisotopic (exact) mass is 543 g/mol. The number of aliphatic hydroxyl groups is 1. The van der Waals surface area contributed by atoms with E-state index in [0.29, 0.717) is 6.42 Å². The van der Waals surface area contributed by atoms with E-state index in [2.05, 4.69) is 80.6 Å². The Morgan fingerprint density at radius 2 is 1.82 bits per heavy atom. The SMILES string of the molecule is CCc1ccc(C=Cc2cccc(C(CCc3ccccc3CC(C)O)SCC3(CC(=O)O)CC3)c2)nc1C. The molecule has 1 aromatic heterocycles. The van der Waals surface area contributed by atoms with Crippen LogP contribution >= 0.6 is 11.8 Å². The summed E-state index contributed by atoms with van der Waals surface area (Å²) in [5.74, 6) is 0.173. The second-order valence-corrected chi connectivity index (χ2v) is 12.3. The molecule has 206 valence electrons. The maximum absolute atomic E-state index is 11.5. The Morgan fingerprint density at radius 1 is 1.05 bits per heavy atom. The van der Waals surface area contributed by atoms with Crippen LogP contribution in [-0.2, 0) is 24.1 Å². The number of carbonyl (C=O) groups is 1. The van der Waals surface area contributed by atoms with E-state index in [4.69, 9.17) is 4.98 Å². The van der Waals surface area contributed by atoms with Gasteiger partial charge in [0.1, 0.15) is 0 Å². The molecule has 2 unspecified atom stereocenters. The van der Waals surface area contributed by atoms with Crippen LogP contribution in [0.4, 0.5) is 0 Å². The molecule has 1 fully saturated rings. The van der Waals surface area contributed by atoms with E-state index in [0.717, 1.165) is 54.8 Å². The molecule has 0 saturated heterocycles. The zero-order chi connectivity index (χ0) is 27.8. The first kappa shape index (κ1) is 29.1. The Kier molecular flexibility index (Phi) is 10.0. The van der Waals surface area contributed by atoms with Crippen molar-refractivity contribution in [1.29, 1.82) is 0 Å². The Hall–Kier alpha value is -2.89. The molecule has 0 aliphatic heterocycles. The van der Waals surface area contributed by atoms with E-state index in [1.54, 1.807) is 0 Å². The molecule has 4 nitrogen and oxygen atoms in total. The lowest BCUT2D eigenvalue weighted by Gasteiger charge is -2.22. The van der Waals surface area contributed by atoms with Crippen LogP contribution in [0.25, 0.3) is 12.2 Å². The molecule has 3 aromatic rings. The molecule has 2 aromatic carbocycles. The van der Waals surface area contributed by atoms with Crippen LogP contribution in [-0.4, -0.2) is 33.0 Å². The van der Waals surface area contributed by atoms with Gasteiger partial charge >= 0.3 is 5.97 Å². The summed E-state index contributed by atoms with van der Waals surface area (Å²) < 4.78 is 0. The van der Waals surface area contributed by atoms with Gasteiger partial charge in [-0.05, 0) is 97.7 Å². The molecule has 1 aliphatic carbocycles. The summed E-state index contributed by atoms with van der Waals surface area (Å²) in [6.45, 7) is 6.05. The summed E-state index contributed by atoms with van der Waals surface area (Å²) in [4.78, 5) is 16.2. The lowest BCUT2D eigenvalue weighted by atomic mass is 9.96. The number of nitrogens with zero attached hydrogens (tertiary/aromatic N) is 1. The number of aryl methyl sites for hydroxylation is 3. The number of carboxylic acids is 1. The van der Waals surface area contributed by atoms with Crippen molar-refractivity contribution in [2.24, 2.45) is 5.41 Å². The Labute approximate surface area is 237 Å². The zero-order valence-corrected chi connectivity index (χ0v) is 24.2. The van der Waals surface area contributed by atoms with Gasteiger partial charge in [-0.2, -0.15) is 11.8 Å². The highest BCUT2D eigenvalue weighted by Crippen LogP contribution is 2.53. The molecule has 0 amide bonds. The van der Waals surface area contributed by atoms with E-state index in [-0.39, 0.29) is 23.2 Å². The molecular weight excluding hydrogens is 502 g/mol. The molecule has 1 aliphatic rings. The summed E-state index contributed by atoms with van der Waals surface area (Å²) in [7, 11) is 0. The van der Waals surface area contributed by atoms with Crippen molar-refractivity contribution < 1.29 is 15.0 Å². The topological polar surface area (TPSA) is 70.4 Å². The first-order valence-corrected chi connectivity index (χ1v) is 15.1. The van der Waals surface area contributed by atoms with Gasteiger partial charge in [-0.3, -0.25) is 9.78 Å². The van der Waals surface area contributed by atoms with Gasteiger partial charge in [-0.25, -0.2) is 0 Å². The van der Waals surface area contributed by atoms with Crippen molar-refractivity contribution >= 4 is 29.9 Å². The Bertz CT molecular complexity index is 1300. The Morgan fingerprint density at radius 3 is 2.49 bits per heavy atom. The van der Waals surface area contributed by atoms with Crippen molar-refractivity contribution in [3.8, 4) is 0 Å². The maximum atomic E-state index is 11.5. The zero-order valence-electron chi connectivity index (χ0n) is 23.4. The highest BCUT2D eigenvalue weighted by molar-refractivity contribution is 7.99. The maximum Gasteiger partial charge on any atom is 0.303 e. The minimum atomic E-state index is -0.695. The number of hydrogen-bond donors (Lipinski definition) is 2. The average Bonchev–Trinajstić information content (AvgIpc) is 3.67. The molecule has 0 bridgehead atoms. The second-order valence-electron chi connectivity index (χ2n) is 11.1. The first-order chi connectivity index (χ1) is 18.8. The molecule has 1 heterocycles. The van der Waals surface area contributed by atoms with E-state index in [9.17, 15) is 15.0 Å². The van der Waals surface area contributed by atoms with Gasteiger partial charge in [0.15, 0.2) is 0 Å². The Balaban J connectivity index is 1.53. The van der Waals surface area contributed by atoms with E-state index >= 15 is 0 Å². The first-order valence-electron chi connectivity index (χ1n) is 14.1. The van der Waals surface area contributed by atoms with Crippen molar-refractivity contribution in [3.63, 3.8) is 0 Å². The number of pyridine rings is 1. The predicted molar refractivity (Wildman–Crippen MR) is 163 cm³/mol. The number of aliphatic hydroxyl groups excluding tert-OH is 1. The largest absolute Gasteiger partial charge is 0.481 e. The summed E-state index contributed by atoms with van der Waals surface area (Å²) in [5, 5.41) is 19.7. The second kappa shape index (κ2) is 13.5. The van der Waals surface area contributed by atoms with Crippen LogP contribution in [0.1, 0.15) is 84.0 Å². The molecule has 39 heavy (non-hydrogen) atoms. The third-order valence-electron chi connectivity index (χ3n) is 7.71. The highest BCUT2D eigenvalue weighted by atomic mass is 32.2. The van der Waals surface area contributed by atoms with Crippen LogP contribution < -0.4 is 0 Å². The molecular formula is C34H41NO3S. The van der Waals surface area contributed by atoms with E-state index in [1.165, 1.54) is 22.3 Å². The van der Waals surface area contributed by atoms with Crippen LogP contribution in [0, 0.1) is 12.3 Å². The van der Waals surface area contributed by atoms with E-state index in [1.807, 2.05) is 24.8 Å². The van der Waals surface area contributed by atoms with Crippen molar-refractivity contribution in [2.45, 2.75) is 77.1 Å². The molecule has 2 N–H and O–H groups in total. The smallest absolute Gasteiger partial charge is 0.303 e. The molecule has 1 saturated carbocycles. The number of carboxylic acid groups (broad SMARTS) is 1. The van der Waals surface area contributed by atoms with Gasteiger partial charge in [0.2, 0.25) is 0 Å². The minimum Gasteiger partial charge on any atom is -0.481 e. The number of aliphatic carboxylic acids is 1. The third-order valence-corrected chi connectivity index (χ3v) is 9.40. The quantitative estimate of drug-likeness (QED) is 0.218. The van der Waals surface area contributed by atoms with Crippen LogP contribution in [0.15, 0.2) is 60.7 Å². The predicted octanol–water partition coefficient (Wildman–Crippen LogP) is 7.71. The van der Waals surface area contributed by atoms with Crippen LogP contribution in [0.3, 0.4) is 0 Å². The fourth-order valence-corrected chi connectivity index (χ4v) is 6.79. The summed E-state index contributed by atoms with van der Waals surface area (Å²) in [6.07, 6.45) is 9.61. The van der Waals surface area contributed by atoms with Crippen molar-refractivity contribution in [3.05, 3.63) is 99.9 Å². The van der Waals surface area contributed by atoms with Crippen LogP contribution in [0.5, 0.6) is 0 Å². The van der Waals surface area contributed by atoms with Gasteiger partial charge < -0.3 is 10.2 Å². The van der Waals surface area contributed by atoms with Gasteiger partial charge in [0, 0.05) is 16.7 Å². The third kappa shape index (κ3) is 8.55. The van der Waals surface area contributed by atoms with Gasteiger partial charge in [-0.1, -0.05) is 67.6 Å². The number of aromatic nitrogens is 1. The van der Waals surface area contributed by atoms with Crippen LogP contribution in [0.2, 0.25) is 0 Å². The summed E-state index contributed by atoms with van der Waals surface area (Å²) >= 11 is 1.91. The number of benzene rings is 2. The molecule has 0 radical (unpaired) electrons. The van der Waals surface area contributed by atoms with Gasteiger partial charge in [0.05, 0.1) is 18.2 Å². The minimum absolute atomic E-state index is 0.0509. The average molecular weight is 544 g/mol. The molecule has 0 spiro atoms. The normalized spacial score (nSPS) is 15.8. The summed E-state index contributed by atoms with van der Waals surface area (Å²) in [6, 6.07) is 21.3. The lowest BCUT2D eigenvalue weighted by molar-refractivity contribution is -0.138. The van der Waals surface area contributed by atoms with Crippen molar-refractivity contribution in [2.75, 3.05) is 5.75 Å². The molecule has 4 rings (SSSR count). The van der Waals surface area contributed by atoms with Crippen molar-refractivity contribution in [1.82, 2.24) is 4.98 Å². The standard InChI is InChI=1S/C34H41NO3S/c1-4-27-13-16-31(35-25(27)3)15-12-26-8-7-11-30(21-26)32(39-23-34(18-19-34)22-33(37)38)17-14-28-9-5-6-10-29(28)20-24(2)36/h5-13,15-16,21,24,32,36H,4,14,17-20,22-23H2,1-3H3,(H,37,38). The highest BCUT2D eigenvalue weighted by Gasteiger charge is 2.44. The lowest BCUT2D eigenvalue weighted by Crippen LogP contribution is -2.13. The van der Waals surface area contributed by atoms with E-state index < -0.39 is 5.97 Å². The number of hydrogen-bond acceptors (Lipinski definition) is 4. The fourth-order valence-electron chi connectivity index (χ4n) is 5.22. The number of rotatable bonds is 14. The van der Waals surface area contributed by atoms with Gasteiger partial charge in [-0.15, -0.1) is 0 Å².